The summed E-state index contributed by atoms with van der Waals surface area (Å²) in [6, 6.07) is 9.62. The average Bonchev–Trinajstić information content (AvgIpc) is 2.84. The molecular formula is C14H12N4O2. The highest BCUT2D eigenvalue weighted by Gasteiger charge is 2.14. The maximum Gasteiger partial charge on any atom is 0.341 e. The molecule has 3 aromatic rings. The van der Waals surface area contributed by atoms with Gasteiger partial charge in [-0.05, 0) is 30.7 Å². The minimum atomic E-state index is -1.04. The van der Waals surface area contributed by atoms with E-state index in [9.17, 15) is 4.79 Å². The van der Waals surface area contributed by atoms with Gasteiger partial charge >= 0.3 is 5.97 Å². The summed E-state index contributed by atoms with van der Waals surface area (Å²) in [6.45, 7) is 2.00. The Hall–Kier alpha value is -2.89. The molecule has 1 aromatic carbocycles. The summed E-state index contributed by atoms with van der Waals surface area (Å²) in [4.78, 5) is 15.1. The lowest BCUT2D eigenvalue weighted by Crippen LogP contribution is -2.02. The standard InChI is InChI=1S/C14H12N4O2/c1-9-3-2-4-10(7-9)17-12-5-6-15-13-11(14(19)20)8-16-18(12)13/h2-8,17H,1H3,(H,19,20). The molecule has 2 N–H and O–H groups in total. The monoisotopic (exact) mass is 268 g/mol. The molecule has 0 unspecified atom stereocenters. The summed E-state index contributed by atoms with van der Waals surface area (Å²) >= 11 is 0. The number of anilines is 2. The molecule has 0 aliphatic heterocycles. The van der Waals surface area contributed by atoms with Crippen molar-refractivity contribution >= 4 is 23.1 Å². The molecule has 0 radical (unpaired) electrons. The Kier molecular flexibility index (Phi) is 2.83. The van der Waals surface area contributed by atoms with E-state index in [0.717, 1.165) is 11.3 Å². The van der Waals surface area contributed by atoms with E-state index in [-0.39, 0.29) is 5.56 Å². The van der Waals surface area contributed by atoms with Crippen LogP contribution in [0.3, 0.4) is 0 Å². The van der Waals surface area contributed by atoms with Gasteiger partial charge in [0.2, 0.25) is 0 Å². The van der Waals surface area contributed by atoms with Gasteiger partial charge in [0.15, 0.2) is 5.65 Å². The zero-order chi connectivity index (χ0) is 14.1. The SMILES string of the molecule is Cc1cccc(Nc2ccnc3c(C(=O)O)cnn23)c1. The van der Waals surface area contributed by atoms with Crippen LogP contribution in [0.1, 0.15) is 15.9 Å². The number of fused-ring (bicyclic) bond motifs is 1. The molecule has 2 heterocycles. The van der Waals surface area contributed by atoms with Crippen molar-refractivity contribution in [2.24, 2.45) is 0 Å². The van der Waals surface area contributed by atoms with Crippen LogP contribution in [0.2, 0.25) is 0 Å². The lowest BCUT2D eigenvalue weighted by Gasteiger charge is -2.08. The normalized spacial score (nSPS) is 10.7. The van der Waals surface area contributed by atoms with Crippen molar-refractivity contribution in [1.29, 1.82) is 0 Å². The van der Waals surface area contributed by atoms with E-state index in [1.165, 1.54) is 10.7 Å². The summed E-state index contributed by atoms with van der Waals surface area (Å²) in [5, 5.41) is 16.4. The van der Waals surface area contributed by atoms with Crippen LogP contribution in [0.4, 0.5) is 11.5 Å². The minimum Gasteiger partial charge on any atom is -0.477 e. The van der Waals surface area contributed by atoms with Gasteiger partial charge in [-0.2, -0.15) is 9.61 Å². The number of hydrogen-bond acceptors (Lipinski definition) is 4. The Morgan fingerprint density at radius 3 is 2.95 bits per heavy atom. The van der Waals surface area contributed by atoms with Crippen molar-refractivity contribution < 1.29 is 9.90 Å². The summed E-state index contributed by atoms with van der Waals surface area (Å²) in [5.41, 5.74) is 2.44. The molecule has 0 saturated heterocycles. The van der Waals surface area contributed by atoms with Gasteiger partial charge in [-0.15, -0.1) is 0 Å². The molecule has 20 heavy (non-hydrogen) atoms. The molecule has 6 heteroatoms. The molecule has 0 bridgehead atoms. The summed E-state index contributed by atoms with van der Waals surface area (Å²) < 4.78 is 1.48. The maximum atomic E-state index is 11.1. The van der Waals surface area contributed by atoms with Crippen molar-refractivity contribution in [2.75, 3.05) is 5.32 Å². The van der Waals surface area contributed by atoms with E-state index in [0.29, 0.717) is 11.5 Å². The number of carbonyl (C=O) groups is 1. The minimum absolute atomic E-state index is 0.0814. The first-order chi connectivity index (χ1) is 9.65. The van der Waals surface area contributed by atoms with Gasteiger partial charge in [0.1, 0.15) is 11.4 Å². The summed E-state index contributed by atoms with van der Waals surface area (Å²) in [5.74, 6) is -0.381. The maximum absolute atomic E-state index is 11.1. The topological polar surface area (TPSA) is 79.5 Å². The third-order valence-electron chi connectivity index (χ3n) is 2.92. The third-order valence-corrected chi connectivity index (χ3v) is 2.92. The smallest absolute Gasteiger partial charge is 0.341 e. The van der Waals surface area contributed by atoms with Crippen molar-refractivity contribution in [3.8, 4) is 0 Å². The van der Waals surface area contributed by atoms with Crippen LogP contribution in [0.15, 0.2) is 42.7 Å². The highest BCUT2D eigenvalue weighted by Crippen LogP contribution is 2.19. The van der Waals surface area contributed by atoms with Crippen LogP contribution < -0.4 is 5.32 Å². The van der Waals surface area contributed by atoms with Crippen LogP contribution in [0, 0.1) is 6.92 Å². The summed E-state index contributed by atoms with van der Waals surface area (Å²) in [6.07, 6.45) is 2.85. The van der Waals surface area contributed by atoms with Crippen molar-refractivity contribution in [3.05, 3.63) is 53.9 Å². The van der Waals surface area contributed by atoms with Gasteiger partial charge in [0.25, 0.3) is 0 Å². The number of carboxylic acid groups (broad SMARTS) is 1. The molecular weight excluding hydrogens is 256 g/mol. The zero-order valence-electron chi connectivity index (χ0n) is 10.7. The predicted octanol–water partition coefficient (Wildman–Crippen LogP) is 2.48. The van der Waals surface area contributed by atoms with Gasteiger partial charge in [0, 0.05) is 11.9 Å². The molecule has 100 valence electrons. The van der Waals surface area contributed by atoms with E-state index in [2.05, 4.69) is 15.4 Å². The molecule has 6 nitrogen and oxygen atoms in total. The number of nitrogens with zero attached hydrogens (tertiary/aromatic N) is 3. The van der Waals surface area contributed by atoms with E-state index < -0.39 is 5.97 Å². The first kappa shape index (κ1) is 12.2. The van der Waals surface area contributed by atoms with Gasteiger partial charge in [-0.25, -0.2) is 9.78 Å². The number of carboxylic acids is 1. The molecule has 0 spiro atoms. The Bertz CT molecular complexity index is 795. The number of aryl methyl sites for hydroxylation is 1. The molecule has 0 saturated carbocycles. The Labute approximate surface area is 114 Å². The first-order valence-electron chi connectivity index (χ1n) is 6.05. The van der Waals surface area contributed by atoms with Gasteiger partial charge in [0.05, 0.1) is 6.20 Å². The van der Waals surface area contributed by atoms with Crippen LogP contribution in [0.5, 0.6) is 0 Å². The first-order valence-corrected chi connectivity index (χ1v) is 6.05. The van der Waals surface area contributed by atoms with E-state index in [1.54, 1.807) is 12.3 Å². The lowest BCUT2D eigenvalue weighted by molar-refractivity contribution is 0.0699. The fraction of sp³-hybridized carbons (Fsp3) is 0.0714. The second-order valence-corrected chi connectivity index (χ2v) is 4.42. The highest BCUT2D eigenvalue weighted by atomic mass is 16.4. The fourth-order valence-corrected chi connectivity index (χ4v) is 2.01. The second-order valence-electron chi connectivity index (χ2n) is 4.42. The van der Waals surface area contributed by atoms with E-state index in [4.69, 9.17) is 5.11 Å². The van der Waals surface area contributed by atoms with Crippen LogP contribution in [0.25, 0.3) is 5.65 Å². The van der Waals surface area contributed by atoms with Crippen molar-refractivity contribution in [2.45, 2.75) is 6.92 Å². The number of rotatable bonds is 3. The fourth-order valence-electron chi connectivity index (χ4n) is 2.01. The number of hydrogen-bond donors (Lipinski definition) is 2. The molecule has 0 aliphatic carbocycles. The summed E-state index contributed by atoms with van der Waals surface area (Å²) in [7, 11) is 0. The molecule has 0 aliphatic rings. The third kappa shape index (κ3) is 2.07. The van der Waals surface area contributed by atoms with E-state index >= 15 is 0 Å². The number of aromatic carboxylic acids is 1. The molecule has 3 rings (SSSR count). The van der Waals surface area contributed by atoms with E-state index in [1.807, 2.05) is 31.2 Å². The number of nitrogens with one attached hydrogen (secondary N) is 1. The van der Waals surface area contributed by atoms with Gasteiger partial charge < -0.3 is 10.4 Å². The molecule has 0 fully saturated rings. The Morgan fingerprint density at radius 1 is 1.35 bits per heavy atom. The average molecular weight is 268 g/mol. The van der Waals surface area contributed by atoms with Crippen LogP contribution >= 0.6 is 0 Å². The van der Waals surface area contributed by atoms with Crippen molar-refractivity contribution in [1.82, 2.24) is 14.6 Å². The van der Waals surface area contributed by atoms with Gasteiger partial charge in [-0.3, -0.25) is 0 Å². The van der Waals surface area contributed by atoms with Crippen LogP contribution in [-0.2, 0) is 0 Å². The molecule has 2 aromatic heterocycles. The van der Waals surface area contributed by atoms with Crippen molar-refractivity contribution in [3.63, 3.8) is 0 Å². The second kappa shape index (κ2) is 4.65. The lowest BCUT2D eigenvalue weighted by atomic mass is 10.2. The van der Waals surface area contributed by atoms with Gasteiger partial charge in [-0.1, -0.05) is 12.1 Å². The zero-order valence-corrected chi connectivity index (χ0v) is 10.7. The predicted molar refractivity (Wildman–Crippen MR) is 74.4 cm³/mol. The number of benzene rings is 1. The largest absolute Gasteiger partial charge is 0.477 e. The van der Waals surface area contributed by atoms with Crippen LogP contribution in [-0.4, -0.2) is 25.7 Å². The Balaban J connectivity index is 2.06. The molecule has 0 atom stereocenters. The molecule has 0 amide bonds. The number of aromatic nitrogens is 3. The highest BCUT2D eigenvalue weighted by molar-refractivity contribution is 5.94. The Morgan fingerprint density at radius 2 is 2.20 bits per heavy atom. The quantitative estimate of drug-likeness (QED) is 0.762.